The Kier molecular flexibility index (Phi) is 6.89. The maximum Gasteiger partial charge on any atom is 0.236 e. The Morgan fingerprint density at radius 1 is 1.25 bits per heavy atom. The Labute approximate surface area is 173 Å². The Balaban J connectivity index is 1.54. The van der Waals surface area contributed by atoms with Crippen LogP contribution in [0.2, 0.25) is 5.02 Å². The van der Waals surface area contributed by atoms with Crippen molar-refractivity contribution in [3.8, 4) is 5.75 Å². The molecule has 2 saturated heterocycles. The number of aryl methyl sites for hydroxylation is 2. The van der Waals surface area contributed by atoms with E-state index in [0.717, 1.165) is 54.4 Å². The zero-order valence-corrected chi connectivity index (χ0v) is 18.1. The second kappa shape index (κ2) is 9.02. The van der Waals surface area contributed by atoms with Gasteiger partial charge in [-0.2, -0.15) is 0 Å². The van der Waals surface area contributed by atoms with Crippen LogP contribution in [0.4, 0.5) is 0 Å². The van der Waals surface area contributed by atoms with Crippen molar-refractivity contribution in [2.45, 2.75) is 52.1 Å². The van der Waals surface area contributed by atoms with E-state index in [2.05, 4.69) is 11.8 Å². The molecular formula is C22H33ClN2O3. The van der Waals surface area contributed by atoms with E-state index in [1.54, 1.807) is 0 Å². The summed E-state index contributed by atoms with van der Waals surface area (Å²) in [6.07, 6.45) is 3.75. The summed E-state index contributed by atoms with van der Waals surface area (Å²) >= 11 is 6.21. The number of carbonyl (C=O) groups excluding carboxylic acids is 1. The first-order valence-electron chi connectivity index (χ1n) is 10.4. The summed E-state index contributed by atoms with van der Waals surface area (Å²) in [5, 5.41) is 11.8. The monoisotopic (exact) mass is 408 g/mol. The molecule has 0 aromatic heterocycles. The van der Waals surface area contributed by atoms with E-state index in [-0.39, 0.29) is 12.5 Å². The van der Waals surface area contributed by atoms with Crippen LogP contribution >= 0.6 is 11.6 Å². The van der Waals surface area contributed by atoms with Crippen LogP contribution in [-0.4, -0.2) is 65.7 Å². The topological polar surface area (TPSA) is 53.0 Å². The number of rotatable bonds is 5. The van der Waals surface area contributed by atoms with Crippen molar-refractivity contribution in [2.24, 2.45) is 5.92 Å². The lowest BCUT2D eigenvalue weighted by Crippen LogP contribution is -2.55. The molecule has 0 spiro atoms. The third-order valence-corrected chi connectivity index (χ3v) is 6.66. The van der Waals surface area contributed by atoms with Crippen molar-refractivity contribution in [1.29, 1.82) is 0 Å². The number of nitrogens with zero attached hydrogens (tertiary/aromatic N) is 2. The van der Waals surface area contributed by atoms with Crippen LogP contribution in [0.5, 0.6) is 5.75 Å². The molecule has 0 unspecified atom stereocenters. The van der Waals surface area contributed by atoms with Crippen molar-refractivity contribution in [3.05, 3.63) is 28.3 Å². The number of β-amino-alcohol motifs (C(OH)–C–C–N with tert-alkyl or cyclic N) is 1. The Bertz CT molecular complexity index is 680. The average molecular weight is 409 g/mol. The molecule has 6 heteroatoms. The smallest absolute Gasteiger partial charge is 0.236 e. The van der Waals surface area contributed by atoms with Gasteiger partial charge in [0.1, 0.15) is 18.0 Å². The number of likely N-dealkylation sites (tertiary alicyclic amines) is 2. The summed E-state index contributed by atoms with van der Waals surface area (Å²) < 4.78 is 5.90. The van der Waals surface area contributed by atoms with Gasteiger partial charge in [-0.05, 0) is 81.8 Å². The third-order valence-electron chi connectivity index (χ3n) is 6.06. The molecule has 0 aliphatic carbocycles. The van der Waals surface area contributed by atoms with Crippen molar-refractivity contribution < 1.29 is 14.6 Å². The van der Waals surface area contributed by atoms with Gasteiger partial charge >= 0.3 is 0 Å². The number of hydrogen-bond donors (Lipinski definition) is 1. The molecule has 0 bridgehead atoms. The van der Waals surface area contributed by atoms with E-state index in [0.29, 0.717) is 31.8 Å². The highest BCUT2D eigenvalue weighted by Gasteiger charge is 2.36. The highest BCUT2D eigenvalue weighted by molar-refractivity contribution is 6.32. The second-order valence-electron chi connectivity index (χ2n) is 8.76. The maximum atomic E-state index is 12.8. The van der Waals surface area contributed by atoms with Gasteiger partial charge in [-0.25, -0.2) is 0 Å². The van der Waals surface area contributed by atoms with Crippen molar-refractivity contribution in [2.75, 3.05) is 39.3 Å². The van der Waals surface area contributed by atoms with Crippen LogP contribution in [0.15, 0.2) is 12.1 Å². The van der Waals surface area contributed by atoms with Crippen LogP contribution < -0.4 is 4.74 Å². The van der Waals surface area contributed by atoms with E-state index in [1.165, 1.54) is 0 Å². The number of benzene rings is 1. The minimum absolute atomic E-state index is 0.117. The van der Waals surface area contributed by atoms with Crippen molar-refractivity contribution >= 4 is 17.5 Å². The molecule has 28 heavy (non-hydrogen) atoms. The van der Waals surface area contributed by atoms with Crippen LogP contribution in [0.3, 0.4) is 0 Å². The normalized spacial score (nSPS) is 24.4. The summed E-state index contributed by atoms with van der Waals surface area (Å²) in [5.74, 6) is 1.58. The van der Waals surface area contributed by atoms with Crippen LogP contribution in [0.1, 0.15) is 43.7 Å². The minimum atomic E-state index is -1.01. The molecule has 2 fully saturated rings. The van der Waals surface area contributed by atoms with E-state index in [9.17, 15) is 9.90 Å². The van der Waals surface area contributed by atoms with Crippen molar-refractivity contribution in [3.63, 3.8) is 0 Å². The lowest BCUT2D eigenvalue weighted by Gasteiger charge is -2.40. The van der Waals surface area contributed by atoms with Gasteiger partial charge < -0.3 is 14.7 Å². The summed E-state index contributed by atoms with van der Waals surface area (Å²) in [5.41, 5.74) is 0.908. The molecule has 2 heterocycles. The van der Waals surface area contributed by atoms with Gasteiger partial charge in [0.05, 0.1) is 13.1 Å². The predicted molar refractivity (Wildman–Crippen MR) is 112 cm³/mol. The van der Waals surface area contributed by atoms with Gasteiger partial charge in [0.25, 0.3) is 0 Å². The summed E-state index contributed by atoms with van der Waals surface area (Å²) in [4.78, 5) is 16.8. The number of halogens is 1. The number of carbonyl (C=O) groups is 1. The molecule has 2 aliphatic rings. The number of ether oxygens (including phenoxy) is 1. The molecule has 1 N–H and O–H groups in total. The summed E-state index contributed by atoms with van der Waals surface area (Å²) in [6, 6.07) is 3.78. The Morgan fingerprint density at radius 2 is 1.89 bits per heavy atom. The van der Waals surface area contributed by atoms with Gasteiger partial charge in [-0.1, -0.05) is 18.5 Å². The number of piperidine rings is 2. The van der Waals surface area contributed by atoms with E-state index in [4.69, 9.17) is 16.3 Å². The van der Waals surface area contributed by atoms with Crippen LogP contribution in [-0.2, 0) is 4.79 Å². The van der Waals surface area contributed by atoms with Gasteiger partial charge in [0.2, 0.25) is 5.91 Å². The molecule has 1 atom stereocenters. The first-order valence-corrected chi connectivity index (χ1v) is 10.8. The Morgan fingerprint density at radius 3 is 2.54 bits per heavy atom. The van der Waals surface area contributed by atoms with Crippen molar-refractivity contribution in [1.82, 2.24) is 9.80 Å². The summed E-state index contributed by atoms with van der Waals surface area (Å²) in [7, 11) is 0. The number of hydrogen-bond acceptors (Lipinski definition) is 4. The van der Waals surface area contributed by atoms with E-state index < -0.39 is 5.60 Å². The molecule has 3 rings (SSSR count). The minimum Gasteiger partial charge on any atom is -0.491 e. The van der Waals surface area contributed by atoms with Gasteiger partial charge in [-0.15, -0.1) is 0 Å². The molecule has 5 nitrogen and oxygen atoms in total. The number of amides is 1. The SMILES string of the molecule is Cc1cc(OC[C@@]2(O)CCCN(C(=O)CN3CCC(C)CC3)C2)cc(C)c1Cl. The van der Waals surface area contributed by atoms with Crippen LogP contribution in [0.25, 0.3) is 0 Å². The lowest BCUT2D eigenvalue weighted by atomic mass is 9.93. The molecule has 0 radical (unpaired) electrons. The molecule has 1 aromatic carbocycles. The highest BCUT2D eigenvalue weighted by Crippen LogP contribution is 2.28. The molecular weight excluding hydrogens is 376 g/mol. The molecule has 156 valence electrons. The maximum absolute atomic E-state index is 12.8. The molecule has 2 aliphatic heterocycles. The first-order chi connectivity index (χ1) is 13.3. The predicted octanol–water partition coefficient (Wildman–Crippen LogP) is 3.42. The first kappa shape index (κ1) is 21.4. The van der Waals surface area contributed by atoms with Gasteiger partial charge in [0, 0.05) is 11.6 Å². The largest absolute Gasteiger partial charge is 0.491 e. The zero-order chi connectivity index (χ0) is 20.3. The molecule has 1 aromatic rings. The van der Waals surface area contributed by atoms with E-state index >= 15 is 0 Å². The van der Waals surface area contributed by atoms with E-state index in [1.807, 2.05) is 30.9 Å². The fourth-order valence-corrected chi connectivity index (χ4v) is 4.27. The Hall–Kier alpha value is -1.30. The van der Waals surface area contributed by atoms with Crippen LogP contribution in [0, 0.1) is 19.8 Å². The highest BCUT2D eigenvalue weighted by atomic mass is 35.5. The second-order valence-corrected chi connectivity index (χ2v) is 9.14. The standard InChI is InChI=1S/C22H33ClN2O3/c1-16-5-9-24(10-6-16)13-20(26)25-8-4-7-22(27,14-25)15-28-19-11-17(2)21(23)18(3)12-19/h11-12,16,27H,4-10,13-15H2,1-3H3/t22-/m1/s1. The fraction of sp³-hybridized carbons (Fsp3) is 0.682. The number of aliphatic hydroxyl groups is 1. The average Bonchev–Trinajstić information content (AvgIpc) is 2.66. The summed E-state index contributed by atoms with van der Waals surface area (Å²) in [6.45, 7) is 9.82. The quantitative estimate of drug-likeness (QED) is 0.811. The molecule has 0 saturated carbocycles. The molecule has 1 amide bonds. The third kappa shape index (κ3) is 5.40. The zero-order valence-electron chi connectivity index (χ0n) is 17.3. The van der Waals surface area contributed by atoms with Gasteiger partial charge in [0.15, 0.2) is 0 Å². The fourth-order valence-electron chi connectivity index (χ4n) is 4.16. The lowest BCUT2D eigenvalue weighted by molar-refractivity contribution is -0.141. The van der Waals surface area contributed by atoms with Gasteiger partial charge in [-0.3, -0.25) is 9.69 Å².